The summed E-state index contributed by atoms with van der Waals surface area (Å²) in [7, 11) is 0. The minimum Gasteiger partial charge on any atom is -0.0840 e. The van der Waals surface area contributed by atoms with Gasteiger partial charge in [0.05, 0.1) is 0 Å². The molecular weight excluding hydrogens is 432 g/mol. The first-order valence-electron chi connectivity index (χ1n) is 14.1. The van der Waals surface area contributed by atoms with Gasteiger partial charge in [-0.3, -0.25) is 0 Å². The maximum Gasteiger partial charge on any atom is 0.0158 e. The topological polar surface area (TPSA) is 0 Å². The van der Waals surface area contributed by atoms with E-state index in [2.05, 4.69) is 107 Å². The maximum absolute atomic E-state index is 2.53. The van der Waals surface area contributed by atoms with Gasteiger partial charge in [-0.1, -0.05) is 112 Å². The highest BCUT2D eigenvalue weighted by molar-refractivity contribution is 5.86. The molecule has 3 atom stereocenters. The van der Waals surface area contributed by atoms with Crippen LogP contribution in [0, 0.1) is 17.8 Å². The van der Waals surface area contributed by atoms with E-state index in [1.54, 1.807) is 38.3 Å². The molecule has 7 rings (SSSR count). The standard InChI is InChI=1S/C36H38/c1-35(2)28-18-11-17-26-25(21-27(23-13-7-5-8-14-23)24-15-9-6-10-16-24)22-31-34(32(26)28)33-29(35)19-12-20-30(33)36(31,3)4/h5,7-9,11-13,15-20,23,27,31H,6,10,14,21-22H2,1-4H3. The van der Waals surface area contributed by atoms with E-state index in [0.29, 0.717) is 17.8 Å². The van der Waals surface area contributed by atoms with E-state index in [1.165, 1.54) is 36.8 Å². The van der Waals surface area contributed by atoms with Crippen LogP contribution in [0.15, 0.2) is 84.5 Å². The summed E-state index contributed by atoms with van der Waals surface area (Å²) in [5, 5.41) is 3.14. The highest BCUT2D eigenvalue weighted by atomic mass is 14.5. The summed E-state index contributed by atoms with van der Waals surface area (Å²) in [4.78, 5) is 0. The molecule has 0 amide bonds. The van der Waals surface area contributed by atoms with Crippen molar-refractivity contribution in [3.8, 4) is 0 Å². The van der Waals surface area contributed by atoms with Crippen molar-refractivity contribution in [3.05, 3.63) is 117 Å². The van der Waals surface area contributed by atoms with Crippen LogP contribution in [0.3, 0.4) is 0 Å². The molecule has 0 aromatic heterocycles. The second kappa shape index (κ2) is 7.82. The van der Waals surface area contributed by atoms with Crippen molar-refractivity contribution in [1.29, 1.82) is 0 Å². The third-order valence-electron chi connectivity index (χ3n) is 10.2. The molecule has 0 fully saturated rings. The largest absolute Gasteiger partial charge is 0.0840 e. The highest BCUT2D eigenvalue weighted by Crippen LogP contribution is 2.57. The molecule has 0 saturated heterocycles. The van der Waals surface area contributed by atoms with Gasteiger partial charge >= 0.3 is 0 Å². The summed E-state index contributed by atoms with van der Waals surface area (Å²) in [6, 6.07) is 14.4. The molecule has 0 radical (unpaired) electrons. The van der Waals surface area contributed by atoms with Gasteiger partial charge in [0.15, 0.2) is 0 Å². The Morgan fingerprint density at radius 3 is 2.47 bits per heavy atom. The van der Waals surface area contributed by atoms with E-state index in [1.807, 2.05) is 0 Å². The van der Waals surface area contributed by atoms with Crippen molar-refractivity contribution in [2.24, 2.45) is 17.8 Å². The average Bonchev–Trinajstić information content (AvgIpc) is 3.13. The van der Waals surface area contributed by atoms with Crippen molar-refractivity contribution < 1.29 is 0 Å². The van der Waals surface area contributed by atoms with Gasteiger partial charge in [-0.05, 0) is 99.1 Å². The number of hydrogen-bond acceptors (Lipinski definition) is 0. The highest BCUT2D eigenvalue weighted by Gasteiger charge is 2.49. The van der Waals surface area contributed by atoms with E-state index in [4.69, 9.17) is 0 Å². The normalized spacial score (nSPS) is 26.6. The van der Waals surface area contributed by atoms with E-state index >= 15 is 0 Å². The third-order valence-corrected chi connectivity index (χ3v) is 10.2. The zero-order chi connectivity index (χ0) is 24.7. The van der Waals surface area contributed by atoms with Crippen molar-refractivity contribution in [3.63, 3.8) is 0 Å². The molecule has 182 valence electrons. The molecule has 0 heteroatoms. The summed E-state index contributed by atoms with van der Waals surface area (Å²) in [6.07, 6.45) is 22.6. The van der Waals surface area contributed by atoms with Crippen LogP contribution in [0.1, 0.15) is 82.1 Å². The van der Waals surface area contributed by atoms with E-state index < -0.39 is 0 Å². The number of benzene rings is 2. The Balaban J connectivity index is 1.48. The molecule has 0 saturated carbocycles. The Bertz CT molecular complexity index is 1510. The summed E-state index contributed by atoms with van der Waals surface area (Å²) >= 11 is 0. The van der Waals surface area contributed by atoms with Gasteiger partial charge < -0.3 is 0 Å². The van der Waals surface area contributed by atoms with Gasteiger partial charge in [0.2, 0.25) is 0 Å². The lowest BCUT2D eigenvalue weighted by molar-refractivity contribution is 0.404. The van der Waals surface area contributed by atoms with Crippen LogP contribution < -0.4 is 10.4 Å². The third kappa shape index (κ3) is 3.00. The molecule has 0 spiro atoms. The summed E-state index contributed by atoms with van der Waals surface area (Å²) < 4.78 is 0. The van der Waals surface area contributed by atoms with Crippen LogP contribution >= 0.6 is 0 Å². The van der Waals surface area contributed by atoms with E-state index in [-0.39, 0.29) is 10.8 Å². The quantitative estimate of drug-likeness (QED) is 0.437. The zero-order valence-corrected chi connectivity index (χ0v) is 22.3. The second-order valence-corrected chi connectivity index (χ2v) is 12.8. The molecular formula is C36H38. The lowest BCUT2D eigenvalue weighted by Crippen LogP contribution is -2.46. The summed E-state index contributed by atoms with van der Waals surface area (Å²) in [6.45, 7) is 9.91. The Hall–Kier alpha value is -2.86. The fourth-order valence-corrected chi connectivity index (χ4v) is 8.22. The minimum atomic E-state index is 0.0263. The molecule has 0 aliphatic heterocycles. The Morgan fingerprint density at radius 1 is 0.889 bits per heavy atom. The van der Waals surface area contributed by atoms with Gasteiger partial charge in [-0.15, -0.1) is 0 Å². The van der Waals surface area contributed by atoms with Crippen LogP contribution in [0.5, 0.6) is 0 Å². The summed E-state index contributed by atoms with van der Waals surface area (Å²) in [5.74, 6) is 1.69. The first-order chi connectivity index (χ1) is 17.4. The maximum atomic E-state index is 2.53. The number of rotatable bonds is 4. The van der Waals surface area contributed by atoms with Crippen molar-refractivity contribution in [1.82, 2.24) is 0 Å². The monoisotopic (exact) mass is 470 g/mol. The predicted octanol–water partition coefficient (Wildman–Crippen LogP) is 7.40. The van der Waals surface area contributed by atoms with Crippen LogP contribution in [-0.2, 0) is 10.8 Å². The van der Waals surface area contributed by atoms with Crippen LogP contribution in [0.25, 0.3) is 11.1 Å². The minimum absolute atomic E-state index is 0.0263. The zero-order valence-electron chi connectivity index (χ0n) is 22.3. The fraction of sp³-hybridized carbons (Fsp3) is 0.389. The predicted molar refractivity (Wildman–Crippen MR) is 152 cm³/mol. The van der Waals surface area contributed by atoms with E-state index in [9.17, 15) is 0 Å². The van der Waals surface area contributed by atoms with Gasteiger partial charge in [-0.2, -0.15) is 0 Å². The molecule has 0 bridgehead atoms. The molecule has 5 aliphatic carbocycles. The smallest absolute Gasteiger partial charge is 0.0158 e. The Morgan fingerprint density at radius 2 is 1.69 bits per heavy atom. The average molecular weight is 471 g/mol. The van der Waals surface area contributed by atoms with Crippen LogP contribution in [-0.4, -0.2) is 0 Å². The van der Waals surface area contributed by atoms with Gasteiger partial charge in [-0.25, -0.2) is 0 Å². The van der Waals surface area contributed by atoms with Crippen molar-refractivity contribution in [2.45, 2.75) is 70.6 Å². The van der Waals surface area contributed by atoms with Crippen molar-refractivity contribution >= 4 is 11.1 Å². The van der Waals surface area contributed by atoms with Gasteiger partial charge in [0, 0.05) is 5.41 Å². The molecule has 3 unspecified atom stereocenters. The molecule has 0 N–H and O–H groups in total. The number of hydrogen-bond donors (Lipinski definition) is 0. The van der Waals surface area contributed by atoms with Crippen LogP contribution in [0.2, 0.25) is 0 Å². The lowest BCUT2D eigenvalue weighted by atomic mass is 9.65. The molecule has 36 heavy (non-hydrogen) atoms. The second-order valence-electron chi connectivity index (χ2n) is 12.8. The first kappa shape index (κ1) is 22.3. The van der Waals surface area contributed by atoms with Crippen LogP contribution in [0.4, 0.5) is 0 Å². The molecule has 5 aliphatic rings. The van der Waals surface area contributed by atoms with Crippen molar-refractivity contribution in [2.75, 3.05) is 0 Å². The molecule has 2 aromatic rings. The summed E-state index contributed by atoms with van der Waals surface area (Å²) in [5.41, 5.74) is 11.3. The van der Waals surface area contributed by atoms with E-state index in [0.717, 1.165) is 6.42 Å². The van der Waals surface area contributed by atoms with Gasteiger partial charge in [0.1, 0.15) is 0 Å². The first-order valence-corrected chi connectivity index (χ1v) is 14.1. The SMILES string of the molecule is CC1(C)c2cccc3c2C2=c4c1cccc4=C(CC(C1=CCCC=C1)C1C=CC=CC1)CC2C3(C)C. The lowest BCUT2D eigenvalue weighted by Gasteiger charge is -2.38. The Kier molecular flexibility index (Phi) is 4.85. The molecule has 2 aromatic carbocycles. The van der Waals surface area contributed by atoms with Gasteiger partial charge in [0.25, 0.3) is 0 Å². The Labute approximate surface area is 216 Å². The number of allylic oxidation sites excluding steroid dienone is 8. The molecule has 0 nitrogen and oxygen atoms in total. The fourth-order valence-electron chi connectivity index (χ4n) is 8.22. The molecule has 0 heterocycles.